The van der Waals surface area contributed by atoms with E-state index < -0.39 is 0 Å². The summed E-state index contributed by atoms with van der Waals surface area (Å²) in [5.74, 6) is 1.63. The number of carbonyl (C=O) groups excluding carboxylic acids is 1. The van der Waals surface area contributed by atoms with Gasteiger partial charge >= 0.3 is 0 Å². The third-order valence-electron chi connectivity index (χ3n) is 6.65. The third kappa shape index (κ3) is 5.13. The lowest BCUT2D eigenvalue weighted by Crippen LogP contribution is -2.43. The van der Waals surface area contributed by atoms with Gasteiger partial charge in [-0.05, 0) is 57.1 Å². The molecule has 0 spiro atoms. The molecule has 0 saturated carbocycles. The molecule has 35 heavy (non-hydrogen) atoms. The standard InChI is InChI=1S/C25H30N6O4/c1-16-25(33)31(21-13-19(34-2)4-5-20(21)27-16)12-11-30-9-7-17(8-10-30)26-14-18-3-6-22-24(28-18)29-23(32)15-35-22/h3-6,13,17,26H,7-12,14-15H2,1-2H3,(H,28,29,32). The second kappa shape index (κ2) is 10.0. The van der Waals surface area contributed by atoms with Crippen molar-refractivity contribution >= 4 is 22.8 Å². The Bertz CT molecular complexity index is 1300. The fourth-order valence-corrected chi connectivity index (χ4v) is 4.65. The molecule has 0 atom stereocenters. The predicted molar refractivity (Wildman–Crippen MR) is 132 cm³/mol. The number of carbonyl (C=O) groups is 1. The normalized spacial score (nSPS) is 16.6. The number of pyridine rings is 1. The number of rotatable bonds is 7. The fraction of sp³-hybridized carbons (Fsp3) is 0.440. The quantitative estimate of drug-likeness (QED) is 0.528. The number of hydrogen-bond acceptors (Lipinski definition) is 8. The van der Waals surface area contributed by atoms with Gasteiger partial charge in [0.15, 0.2) is 18.2 Å². The average Bonchev–Trinajstić information content (AvgIpc) is 2.88. The van der Waals surface area contributed by atoms with Crippen LogP contribution in [0.2, 0.25) is 0 Å². The van der Waals surface area contributed by atoms with Crippen molar-refractivity contribution in [1.29, 1.82) is 0 Å². The van der Waals surface area contributed by atoms with Gasteiger partial charge in [0, 0.05) is 31.7 Å². The number of benzene rings is 1. The molecule has 0 unspecified atom stereocenters. The molecular formula is C25H30N6O4. The first kappa shape index (κ1) is 23.3. The number of aromatic nitrogens is 3. The molecule has 1 fully saturated rings. The van der Waals surface area contributed by atoms with Crippen LogP contribution in [-0.2, 0) is 17.9 Å². The number of piperidine rings is 1. The molecule has 10 nitrogen and oxygen atoms in total. The molecule has 184 valence electrons. The van der Waals surface area contributed by atoms with E-state index in [4.69, 9.17) is 9.47 Å². The van der Waals surface area contributed by atoms with E-state index in [1.807, 2.05) is 34.9 Å². The van der Waals surface area contributed by atoms with Crippen LogP contribution in [0.4, 0.5) is 5.82 Å². The van der Waals surface area contributed by atoms with E-state index >= 15 is 0 Å². The molecule has 2 N–H and O–H groups in total. The number of nitrogens with one attached hydrogen (secondary N) is 2. The van der Waals surface area contributed by atoms with Gasteiger partial charge in [0.05, 0.1) is 23.8 Å². The van der Waals surface area contributed by atoms with Crippen LogP contribution in [0.5, 0.6) is 11.5 Å². The monoisotopic (exact) mass is 478 g/mol. The Morgan fingerprint density at radius 2 is 1.97 bits per heavy atom. The summed E-state index contributed by atoms with van der Waals surface area (Å²) < 4.78 is 12.5. The Labute approximate surface area is 203 Å². The maximum absolute atomic E-state index is 12.8. The molecule has 1 saturated heterocycles. The highest BCUT2D eigenvalue weighted by molar-refractivity contribution is 5.94. The second-order valence-corrected chi connectivity index (χ2v) is 8.99. The first-order chi connectivity index (χ1) is 17.0. The largest absolute Gasteiger partial charge is 0.497 e. The Morgan fingerprint density at radius 1 is 1.14 bits per heavy atom. The first-order valence-corrected chi connectivity index (χ1v) is 11.9. The Kier molecular flexibility index (Phi) is 6.65. The van der Waals surface area contributed by atoms with Gasteiger partial charge in [0.2, 0.25) is 0 Å². The van der Waals surface area contributed by atoms with Gasteiger partial charge in [-0.1, -0.05) is 0 Å². The number of likely N-dealkylation sites (tertiary alicyclic amines) is 1. The first-order valence-electron chi connectivity index (χ1n) is 11.9. The molecule has 2 aliphatic rings. The van der Waals surface area contributed by atoms with Crippen molar-refractivity contribution < 1.29 is 14.3 Å². The van der Waals surface area contributed by atoms with Crippen molar-refractivity contribution in [3.8, 4) is 11.5 Å². The molecule has 2 aliphatic heterocycles. The van der Waals surface area contributed by atoms with Crippen LogP contribution in [0.1, 0.15) is 24.2 Å². The summed E-state index contributed by atoms with van der Waals surface area (Å²) in [6.07, 6.45) is 2.03. The van der Waals surface area contributed by atoms with Crippen LogP contribution in [0.25, 0.3) is 11.0 Å². The predicted octanol–water partition coefficient (Wildman–Crippen LogP) is 1.69. The van der Waals surface area contributed by atoms with E-state index in [2.05, 4.69) is 25.5 Å². The highest BCUT2D eigenvalue weighted by Gasteiger charge is 2.21. The zero-order valence-corrected chi connectivity index (χ0v) is 20.0. The van der Waals surface area contributed by atoms with Crippen molar-refractivity contribution in [1.82, 2.24) is 24.8 Å². The smallest absolute Gasteiger partial charge is 0.272 e. The number of ether oxygens (including phenoxy) is 2. The molecule has 2 aromatic heterocycles. The molecular weight excluding hydrogens is 448 g/mol. The molecule has 0 aliphatic carbocycles. The molecule has 0 bridgehead atoms. The van der Waals surface area contributed by atoms with Crippen LogP contribution in [0, 0.1) is 6.92 Å². The van der Waals surface area contributed by atoms with Crippen molar-refractivity contribution in [3.63, 3.8) is 0 Å². The van der Waals surface area contributed by atoms with E-state index in [1.165, 1.54) is 0 Å². The molecule has 3 aromatic rings. The second-order valence-electron chi connectivity index (χ2n) is 8.99. The summed E-state index contributed by atoms with van der Waals surface area (Å²) in [4.78, 5) is 35.7. The third-order valence-corrected chi connectivity index (χ3v) is 6.65. The van der Waals surface area contributed by atoms with Gasteiger partial charge in [0.25, 0.3) is 11.5 Å². The lowest BCUT2D eigenvalue weighted by Gasteiger charge is -2.32. The van der Waals surface area contributed by atoms with Crippen molar-refractivity contribution in [3.05, 3.63) is 52.1 Å². The van der Waals surface area contributed by atoms with Crippen molar-refractivity contribution in [2.45, 2.75) is 38.9 Å². The van der Waals surface area contributed by atoms with Crippen LogP contribution in [0.15, 0.2) is 35.1 Å². The zero-order valence-electron chi connectivity index (χ0n) is 20.0. The van der Waals surface area contributed by atoms with Crippen LogP contribution < -0.4 is 25.7 Å². The summed E-state index contributed by atoms with van der Waals surface area (Å²) >= 11 is 0. The molecule has 0 radical (unpaired) electrons. The molecule has 4 heterocycles. The van der Waals surface area contributed by atoms with E-state index in [9.17, 15) is 9.59 Å². The Morgan fingerprint density at radius 3 is 2.77 bits per heavy atom. The van der Waals surface area contributed by atoms with Gasteiger partial charge in [-0.3, -0.25) is 9.59 Å². The molecule has 1 aromatic carbocycles. The summed E-state index contributed by atoms with van der Waals surface area (Å²) in [6.45, 7) is 5.75. The van der Waals surface area contributed by atoms with E-state index in [-0.39, 0.29) is 18.1 Å². The SMILES string of the molecule is COc1ccc2nc(C)c(=O)n(CCN3CCC(NCc4ccc5c(n4)NC(=O)CO5)CC3)c2c1. The van der Waals surface area contributed by atoms with Gasteiger partial charge < -0.3 is 29.6 Å². The number of hydrogen-bond donors (Lipinski definition) is 2. The van der Waals surface area contributed by atoms with E-state index in [1.54, 1.807) is 14.0 Å². The number of methoxy groups -OCH3 is 1. The molecule has 10 heteroatoms. The van der Waals surface area contributed by atoms with E-state index in [0.29, 0.717) is 42.1 Å². The van der Waals surface area contributed by atoms with Gasteiger partial charge in [-0.15, -0.1) is 0 Å². The number of aryl methyl sites for hydroxylation is 1. The lowest BCUT2D eigenvalue weighted by molar-refractivity contribution is -0.118. The fourth-order valence-electron chi connectivity index (χ4n) is 4.65. The maximum atomic E-state index is 12.8. The van der Waals surface area contributed by atoms with Gasteiger partial charge in [-0.25, -0.2) is 9.97 Å². The summed E-state index contributed by atoms with van der Waals surface area (Å²) in [6, 6.07) is 9.81. The van der Waals surface area contributed by atoms with Gasteiger partial charge in [-0.2, -0.15) is 0 Å². The highest BCUT2D eigenvalue weighted by Crippen LogP contribution is 2.25. The minimum absolute atomic E-state index is 0.0324. The lowest BCUT2D eigenvalue weighted by atomic mass is 10.0. The minimum atomic E-state index is -0.182. The number of amides is 1. The Balaban J connectivity index is 1.15. The zero-order chi connectivity index (χ0) is 24.4. The molecule has 1 amide bonds. The van der Waals surface area contributed by atoms with Crippen molar-refractivity contribution in [2.24, 2.45) is 0 Å². The van der Waals surface area contributed by atoms with Crippen LogP contribution >= 0.6 is 0 Å². The molecule has 5 rings (SSSR count). The minimum Gasteiger partial charge on any atom is -0.497 e. The maximum Gasteiger partial charge on any atom is 0.272 e. The number of fused-ring (bicyclic) bond motifs is 2. The van der Waals surface area contributed by atoms with Crippen LogP contribution in [-0.4, -0.2) is 64.7 Å². The summed E-state index contributed by atoms with van der Waals surface area (Å²) in [5, 5.41) is 6.34. The Hall–Kier alpha value is -3.50. The van der Waals surface area contributed by atoms with Gasteiger partial charge in [0.1, 0.15) is 11.4 Å². The topological polar surface area (TPSA) is 111 Å². The van der Waals surface area contributed by atoms with Crippen molar-refractivity contribution in [2.75, 3.05) is 38.7 Å². The van der Waals surface area contributed by atoms with Crippen LogP contribution in [0.3, 0.4) is 0 Å². The highest BCUT2D eigenvalue weighted by atomic mass is 16.5. The number of nitrogens with zero attached hydrogens (tertiary/aromatic N) is 4. The van der Waals surface area contributed by atoms with E-state index in [0.717, 1.165) is 49.2 Å². The number of anilines is 1. The average molecular weight is 479 g/mol. The summed E-state index contributed by atoms with van der Waals surface area (Å²) in [7, 11) is 1.62. The summed E-state index contributed by atoms with van der Waals surface area (Å²) in [5.41, 5.74) is 2.92.